The Morgan fingerprint density at radius 2 is 2.15 bits per heavy atom. The fourth-order valence-electron chi connectivity index (χ4n) is 2.33. The topological polar surface area (TPSA) is 74.7 Å². The average molecular weight is 273 g/mol. The lowest BCUT2D eigenvalue weighted by atomic mass is 10.0. The minimum atomic E-state index is -0.515. The van der Waals surface area contributed by atoms with Gasteiger partial charge in [0.1, 0.15) is 23.7 Å². The number of carbonyl (C=O) groups is 1. The van der Waals surface area contributed by atoms with Crippen LogP contribution in [0.25, 0.3) is 0 Å². The Morgan fingerprint density at radius 3 is 2.90 bits per heavy atom. The molecule has 5 heteroatoms. The highest BCUT2D eigenvalue weighted by molar-refractivity contribution is 5.86. The van der Waals surface area contributed by atoms with Gasteiger partial charge in [-0.05, 0) is 23.8 Å². The molecule has 2 aromatic rings. The van der Waals surface area contributed by atoms with Gasteiger partial charge in [-0.1, -0.05) is 18.2 Å². The number of rotatable bonds is 3. The number of para-hydroxylation sites is 1. The maximum atomic E-state index is 11.4. The van der Waals surface area contributed by atoms with E-state index < -0.39 is 12.0 Å². The Kier molecular flexibility index (Phi) is 3.20. The lowest BCUT2D eigenvalue weighted by Crippen LogP contribution is -2.29. The van der Waals surface area contributed by atoms with Gasteiger partial charge in [-0.3, -0.25) is 0 Å². The van der Waals surface area contributed by atoms with Crippen LogP contribution in [0.5, 0.6) is 5.75 Å². The fourth-order valence-corrected chi connectivity index (χ4v) is 2.33. The molecular weight excluding hydrogens is 258 g/mol. The van der Waals surface area contributed by atoms with Crippen LogP contribution in [0.2, 0.25) is 0 Å². The third-order valence-corrected chi connectivity index (χ3v) is 3.41. The van der Waals surface area contributed by atoms with Crippen LogP contribution in [-0.2, 0) is 11.2 Å². The SMILES string of the molecule is COC(=O)c1ccc(C(N)C2Cc3ccccc3O2)o1. The summed E-state index contributed by atoms with van der Waals surface area (Å²) in [5.41, 5.74) is 7.30. The van der Waals surface area contributed by atoms with Crippen LogP contribution < -0.4 is 10.5 Å². The van der Waals surface area contributed by atoms with Crippen LogP contribution in [0.3, 0.4) is 0 Å². The van der Waals surface area contributed by atoms with Gasteiger partial charge in [0.2, 0.25) is 5.76 Å². The predicted octanol–water partition coefficient (Wildman–Crippen LogP) is 2.07. The van der Waals surface area contributed by atoms with Crippen molar-refractivity contribution in [1.29, 1.82) is 0 Å². The van der Waals surface area contributed by atoms with Crippen molar-refractivity contribution in [2.75, 3.05) is 7.11 Å². The number of nitrogens with two attached hydrogens (primary N) is 1. The minimum Gasteiger partial charge on any atom is -0.488 e. The van der Waals surface area contributed by atoms with Crippen LogP contribution in [0.15, 0.2) is 40.8 Å². The highest BCUT2D eigenvalue weighted by Crippen LogP contribution is 2.33. The summed E-state index contributed by atoms with van der Waals surface area (Å²) in [6.45, 7) is 0. The maximum absolute atomic E-state index is 11.4. The van der Waals surface area contributed by atoms with Crippen molar-refractivity contribution >= 4 is 5.97 Å². The number of carbonyl (C=O) groups excluding carboxylic acids is 1. The van der Waals surface area contributed by atoms with Gasteiger partial charge >= 0.3 is 5.97 Å². The average Bonchev–Trinajstić information content (AvgIpc) is 3.12. The van der Waals surface area contributed by atoms with Gasteiger partial charge in [-0.2, -0.15) is 0 Å². The molecule has 0 amide bonds. The zero-order chi connectivity index (χ0) is 14.1. The van der Waals surface area contributed by atoms with Gasteiger partial charge in [0.05, 0.1) is 7.11 Å². The minimum absolute atomic E-state index is 0.147. The van der Waals surface area contributed by atoms with Crippen molar-refractivity contribution in [3.63, 3.8) is 0 Å². The molecule has 2 heterocycles. The Hall–Kier alpha value is -2.27. The molecule has 104 valence electrons. The van der Waals surface area contributed by atoms with Crippen LogP contribution in [-0.4, -0.2) is 19.2 Å². The molecule has 0 fully saturated rings. The summed E-state index contributed by atoms with van der Waals surface area (Å²) in [5, 5.41) is 0. The second-order valence-electron chi connectivity index (χ2n) is 4.69. The van der Waals surface area contributed by atoms with Crippen molar-refractivity contribution in [3.05, 3.63) is 53.5 Å². The summed E-state index contributed by atoms with van der Waals surface area (Å²) in [6.07, 6.45) is 0.537. The van der Waals surface area contributed by atoms with Crippen LogP contribution in [0.4, 0.5) is 0 Å². The molecular formula is C15H15NO4. The first-order valence-corrected chi connectivity index (χ1v) is 6.37. The molecule has 5 nitrogen and oxygen atoms in total. The zero-order valence-corrected chi connectivity index (χ0v) is 11.0. The second kappa shape index (κ2) is 5.02. The van der Waals surface area contributed by atoms with Gasteiger partial charge in [-0.25, -0.2) is 4.79 Å². The van der Waals surface area contributed by atoms with Gasteiger partial charge in [-0.15, -0.1) is 0 Å². The van der Waals surface area contributed by atoms with E-state index >= 15 is 0 Å². The van der Waals surface area contributed by atoms with Crippen molar-refractivity contribution in [2.24, 2.45) is 5.73 Å². The van der Waals surface area contributed by atoms with Gasteiger partial charge in [0.25, 0.3) is 0 Å². The maximum Gasteiger partial charge on any atom is 0.373 e. The van der Waals surface area contributed by atoms with E-state index in [1.54, 1.807) is 12.1 Å². The van der Waals surface area contributed by atoms with E-state index in [2.05, 4.69) is 4.74 Å². The Morgan fingerprint density at radius 1 is 1.35 bits per heavy atom. The van der Waals surface area contributed by atoms with Crippen molar-refractivity contribution in [3.8, 4) is 5.75 Å². The number of hydrogen-bond acceptors (Lipinski definition) is 5. The molecule has 1 aromatic carbocycles. The van der Waals surface area contributed by atoms with Gasteiger partial charge in [0.15, 0.2) is 0 Å². The van der Waals surface area contributed by atoms with Crippen molar-refractivity contribution < 1.29 is 18.7 Å². The smallest absolute Gasteiger partial charge is 0.373 e. The molecule has 0 radical (unpaired) electrons. The third kappa shape index (κ3) is 2.16. The predicted molar refractivity (Wildman–Crippen MR) is 71.5 cm³/mol. The highest BCUT2D eigenvalue weighted by atomic mass is 16.5. The Balaban J connectivity index is 1.76. The van der Waals surface area contributed by atoms with Crippen molar-refractivity contribution in [1.82, 2.24) is 0 Å². The number of ether oxygens (including phenoxy) is 2. The second-order valence-corrected chi connectivity index (χ2v) is 4.69. The standard InChI is InChI=1S/C15H15NO4/c1-18-15(17)12-7-6-11(20-12)14(16)13-8-9-4-2-3-5-10(9)19-13/h2-7,13-14H,8,16H2,1H3. The summed E-state index contributed by atoms with van der Waals surface area (Å²) < 4.78 is 15.8. The molecule has 0 aliphatic carbocycles. The molecule has 0 saturated carbocycles. The van der Waals surface area contributed by atoms with Crippen LogP contribution in [0, 0.1) is 0 Å². The van der Waals surface area contributed by atoms with E-state index in [0.29, 0.717) is 5.76 Å². The molecule has 1 aliphatic rings. The molecule has 3 rings (SSSR count). The summed E-state index contributed by atoms with van der Waals surface area (Å²) >= 11 is 0. The molecule has 2 unspecified atom stereocenters. The molecule has 1 aromatic heterocycles. The largest absolute Gasteiger partial charge is 0.488 e. The van der Waals surface area contributed by atoms with Crippen molar-refractivity contribution in [2.45, 2.75) is 18.6 Å². The van der Waals surface area contributed by atoms with Crippen LogP contribution in [0.1, 0.15) is 27.9 Å². The third-order valence-electron chi connectivity index (χ3n) is 3.41. The molecule has 2 atom stereocenters. The van der Waals surface area contributed by atoms with E-state index in [9.17, 15) is 4.79 Å². The number of hydrogen-bond donors (Lipinski definition) is 1. The first kappa shape index (κ1) is 12.7. The molecule has 1 aliphatic heterocycles. The first-order chi connectivity index (χ1) is 9.69. The highest BCUT2D eigenvalue weighted by Gasteiger charge is 2.31. The summed E-state index contributed by atoms with van der Waals surface area (Å²) in [6, 6.07) is 10.6. The van der Waals surface area contributed by atoms with Crippen LogP contribution >= 0.6 is 0 Å². The summed E-state index contributed by atoms with van der Waals surface area (Å²) in [5.74, 6) is 1.00. The summed E-state index contributed by atoms with van der Waals surface area (Å²) in [4.78, 5) is 11.4. The fraction of sp³-hybridized carbons (Fsp3) is 0.267. The normalized spacial score (nSPS) is 18.2. The molecule has 0 saturated heterocycles. The lowest BCUT2D eigenvalue weighted by molar-refractivity contribution is 0.0560. The van der Waals surface area contributed by atoms with E-state index in [1.165, 1.54) is 7.11 Å². The van der Waals surface area contributed by atoms with Gasteiger partial charge in [0, 0.05) is 6.42 Å². The number of furan rings is 1. The Labute approximate surface area is 116 Å². The number of fused-ring (bicyclic) bond motifs is 1. The van der Waals surface area contributed by atoms with E-state index in [0.717, 1.165) is 17.7 Å². The summed E-state index contributed by atoms with van der Waals surface area (Å²) in [7, 11) is 1.31. The molecule has 0 bridgehead atoms. The van der Waals surface area contributed by atoms with E-state index in [4.69, 9.17) is 14.9 Å². The number of esters is 1. The molecule has 20 heavy (non-hydrogen) atoms. The molecule has 0 spiro atoms. The Bertz CT molecular complexity index is 609. The number of methoxy groups -OCH3 is 1. The van der Waals surface area contributed by atoms with E-state index in [1.807, 2.05) is 24.3 Å². The lowest BCUT2D eigenvalue weighted by Gasteiger charge is -2.16. The number of benzene rings is 1. The monoisotopic (exact) mass is 273 g/mol. The molecule has 2 N–H and O–H groups in total. The van der Waals surface area contributed by atoms with Gasteiger partial charge < -0.3 is 19.6 Å². The zero-order valence-electron chi connectivity index (χ0n) is 11.0. The first-order valence-electron chi connectivity index (χ1n) is 6.37. The quantitative estimate of drug-likeness (QED) is 0.866. The van der Waals surface area contributed by atoms with E-state index in [-0.39, 0.29) is 11.9 Å².